The van der Waals surface area contributed by atoms with E-state index < -0.39 is 11.9 Å². The number of likely N-dealkylation sites (tertiary alicyclic amines) is 1. The summed E-state index contributed by atoms with van der Waals surface area (Å²) >= 11 is 0. The van der Waals surface area contributed by atoms with Crippen LogP contribution in [0.15, 0.2) is 73.3 Å². The second-order valence-electron chi connectivity index (χ2n) is 6.60. The Labute approximate surface area is 175 Å². The molecule has 0 bridgehead atoms. The number of urea groups is 1. The van der Waals surface area contributed by atoms with Gasteiger partial charge >= 0.3 is 18.0 Å². The number of nitrogens with one attached hydrogen (secondary N) is 1. The summed E-state index contributed by atoms with van der Waals surface area (Å²) in [6.07, 6.45) is 2.88. The minimum atomic E-state index is -1.82. The molecule has 158 valence electrons. The summed E-state index contributed by atoms with van der Waals surface area (Å²) in [5, 5.41) is 17.8. The Kier molecular flexibility index (Phi) is 8.58. The maximum atomic E-state index is 12.9. The number of amides is 2. The highest BCUT2D eigenvalue weighted by atomic mass is 16.4. The molecule has 2 aromatic rings. The van der Waals surface area contributed by atoms with Gasteiger partial charge in [0.2, 0.25) is 0 Å². The van der Waals surface area contributed by atoms with Crippen molar-refractivity contribution in [3.8, 4) is 0 Å². The quantitative estimate of drug-likeness (QED) is 0.515. The molecule has 1 aliphatic heterocycles. The normalized spacial score (nSPS) is 15.4. The van der Waals surface area contributed by atoms with Gasteiger partial charge in [-0.25, -0.2) is 14.4 Å². The number of benzene rings is 2. The molecule has 1 heterocycles. The lowest BCUT2D eigenvalue weighted by Crippen LogP contribution is -2.44. The minimum absolute atomic E-state index is 0.0853. The summed E-state index contributed by atoms with van der Waals surface area (Å²) in [5.74, 6) is -3.65. The van der Waals surface area contributed by atoms with Gasteiger partial charge in [-0.05, 0) is 30.7 Å². The maximum absolute atomic E-state index is 12.9. The SMILES string of the molecule is C=CCN1CCC(N(C(=O)Nc2ccccc2)c2ccccc2)C1.O=C(O)C(=O)O. The van der Waals surface area contributed by atoms with E-state index in [1.54, 1.807) is 0 Å². The van der Waals surface area contributed by atoms with Gasteiger partial charge in [0.1, 0.15) is 0 Å². The zero-order chi connectivity index (χ0) is 21.9. The van der Waals surface area contributed by atoms with Gasteiger partial charge in [-0.1, -0.05) is 42.5 Å². The van der Waals surface area contributed by atoms with E-state index in [0.717, 1.165) is 37.4 Å². The molecule has 1 unspecified atom stereocenters. The molecule has 1 saturated heterocycles. The largest absolute Gasteiger partial charge is 0.473 e. The van der Waals surface area contributed by atoms with Crippen molar-refractivity contribution in [2.45, 2.75) is 12.5 Å². The molecule has 0 saturated carbocycles. The van der Waals surface area contributed by atoms with Gasteiger partial charge in [-0.15, -0.1) is 6.58 Å². The van der Waals surface area contributed by atoms with Crippen LogP contribution in [-0.4, -0.2) is 58.8 Å². The Morgan fingerprint density at radius 2 is 1.60 bits per heavy atom. The van der Waals surface area contributed by atoms with Crippen LogP contribution in [0.5, 0.6) is 0 Å². The van der Waals surface area contributed by atoms with Crippen molar-refractivity contribution in [3.05, 3.63) is 73.3 Å². The lowest BCUT2D eigenvalue weighted by Gasteiger charge is -2.29. The fourth-order valence-corrected chi connectivity index (χ4v) is 3.16. The molecule has 0 aliphatic carbocycles. The molecule has 1 fully saturated rings. The molecule has 2 aromatic carbocycles. The first-order valence-corrected chi connectivity index (χ1v) is 9.42. The average molecular weight is 411 g/mol. The Hall–Kier alpha value is -3.65. The number of rotatable bonds is 5. The van der Waals surface area contributed by atoms with Crippen molar-refractivity contribution >= 4 is 29.3 Å². The number of carboxylic acid groups (broad SMARTS) is 2. The Morgan fingerprint density at radius 1 is 1.03 bits per heavy atom. The summed E-state index contributed by atoms with van der Waals surface area (Å²) in [6.45, 7) is 6.52. The van der Waals surface area contributed by atoms with E-state index in [9.17, 15) is 4.79 Å². The first-order chi connectivity index (χ1) is 14.4. The van der Waals surface area contributed by atoms with E-state index in [4.69, 9.17) is 19.8 Å². The third-order valence-corrected chi connectivity index (χ3v) is 4.46. The second kappa shape index (κ2) is 11.4. The van der Waals surface area contributed by atoms with Crippen molar-refractivity contribution in [1.82, 2.24) is 4.90 Å². The van der Waals surface area contributed by atoms with Crippen molar-refractivity contribution in [2.75, 3.05) is 29.9 Å². The second-order valence-corrected chi connectivity index (χ2v) is 6.60. The van der Waals surface area contributed by atoms with Crippen molar-refractivity contribution in [1.29, 1.82) is 0 Å². The first-order valence-electron chi connectivity index (χ1n) is 9.42. The molecule has 3 rings (SSSR count). The summed E-state index contributed by atoms with van der Waals surface area (Å²) in [5.41, 5.74) is 1.74. The molecule has 1 aliphatic rings. The average Bonchev–Trinajstić information content (AvgIpc) is 3.18. The van der Waals surface area contributed by atoms with Crippen LogP contribution in [0.3, 0.4) is 0 Å². The zero-order valence-electron chi connectivity index (χ0n) is 16.5. The van der Waals surface area contributed by atoms with Crippen LogP contribution in [0.4, 0.5) is 16.2 Å². The van der Waals surface area contributed by atoms with E-state index in [0.29, 0.717) is 0 Å². The summed E-state index contributed by atoms with van der Waals surface area (Å²) in [7, 11) is 0. The van der Waals surface area contributed by atoms with E-state index in [2.05, 4.69) is 16.8 Å². The van der Waals surface area contributed by atoms with Crippen LogP contribution < -0.4 is 10.2 Å². The summed E-state index contributed by atoms with van der Waals surface area (Å²) < 4.78 is 0. The van der Waals surface area contributed by atoms with Crippen molar-refractivity contribution in [2.24, 2.45) is 0 Å². The molecule has 1 atom stereocenters. The van der Waals surface area contributed by atoms with Crippen LogP contribution in [0.25, 0.3) is 0 Å². The number of para-hydroxylation sites is 2. The van der Waals surface area contributed by atoms with Gasteiger partial charge in [-0.2, -0.15) is 0 Å². The van der Waals surface area contributed by atoms with Gasteiger partial charge in [0, 0.05) is 31.0 Å². The van der Waals surface area contributed by atoms with Gasteiger partial charge < -0.3 is 15.5 Å². The third-order valence-electron chi connectivity index (χ3n) is 4.46. The number of hydrogen-bond acceptors (Lipinski definition) is 4. The fraction of sp³-hybridized carbons (Fsp3) is 0.227. The van der Waals surface area contributed by atoms with Crippen molar-refractivity contribution < 1.29 is 24.6 Å². The standard InChI is InChI=1S/C20H23N3O.C2H2O4/c1-2-14-22-15-13-19(16-22)23(18-11-7-4-8-12-18)20(24)21-17-9-5-3-6-10-17;3-1(4)2(5)6/h2-12,19H,1,13-16H2,(H,21,24);(H,3,4)(H,5,6). The molecule has 0 spiro atoms. The number of carboxylic acids is 2. The van der Waals surface area contributed by atoms with Crippen LogP contribution in [0.2, 0.25) is 0 Å². The van der Waals surface area contributed by atoms with Gasteiger partial charge in [0.15, 0.2) is 0 Å². The molecule has 8 nitrogen and oxygen atoms in total. The van der Waals surface area contributed by atoms with Crippen LogP contribution >= 0.6 is 0 Å². The Balaban J connectivity index is 0.000000469. The molecular formula is C22H25N3O5. The molecular weight excluding hydrogens is 386 g/mol. The maximum Gasteiger partial charge on any atom is 0.414 e. The predicted molar refractivity (Wildman–Crippen MR) is 115 cm³/mol. The van der Waals surface area contributed by atoms with E-state index >= 15 is 0 Å². The topological polar surface area (TPSA) is 110 Å². The lowest BCUT2D eigenvalue weighted by atomic mass is 10.2. The van der Waals surface area contributed by atoms with Crippen molar-refractivity contribution in [3.63, 3.8) is 0 Å². The highest BCUT2D eigenvalue weighted by Crippen LogP contribution is 2.24. The van der Waals surface area contributed by atoms with E-state index in [1.807, 2.05) is 71.6 Å². The molecule has 0 radical (unpaired) electrons. The van der Waals surface area contributed by atoms with Gasteiger partial charge in [0.05, 0.1) is 6.04 Å². The molecule has 30 heavy (non-hydrogen) atoms. The fourth-order valence-electron chi connectivity index (χ4n) is 3.16. The number of hydrogen-bond donors (Lipinski definition) is 3. The van der Waals surface area contributed by atoms with Gasteiger partial charge in [-0.3, -0.25) is 9.80 Å². The molecule has 0 aromatic heterocycles. The van der Waals surface area contributed by atoms with Crippen LogP contribution in [0.1, 0.15) is 6.42 Å². The monoisotopic (exact) mass is 411 g/mol. The predicted octanol–water partition coefficient (Wildman–Crippen LogP) is 3.14. The number of carbonyl (C=O) groups excluding carboxylic acids is 1. The van der Waals surface area contributed by atoms with Crippen LogP contribution in [0, 0.1) is 0 Å². The Morgan fingerprint density at radius 3 is 2.13 bits per heavy atom. The summed E-state index contributed by atoms with van der Waals surface area (Å²) in [6, 6.07) is 19.5. The zero-order valence-corrected chi connectivity index (χ0v) is 16.5. The Bertz CT molecular complexity index is 846. The minimum Gasteiger partial charge on any atom is -0.473 e. The highest BCUT2D eigenvalue weighted by molar-refractivity contribution is 6.27. The third kappa shape index (κ3) is 6.75. The number of anilines is 2. The first kappa shape index (κ1) is 22.6. The number of nitrogens with zero attached hydrogens (tertiary/aromatic N) is 2. The van der Waals surface area contributed by atoms with E-state index in [-0.39, 0.29) is 12.1 Å². The molecule has 3 N–H and O–H groups in total. The molecule has 2 amide bonds. The molecule has 8 heteroatoms. The van der Waals surface area contributed by atoms with Crippen LogP contribution in [-0.2, 0) is 9.59 Å². The highest BCUT2D eigenvalue weighted by Gasteiger charge is 2.31. The van der Waals surface area contributed by atoms with E-state index in [1.165, 1.54) is 0 Å². The summed E-state index contributed by atoms with van der Waals surface area (Å²) in [4.78, 5) is 35.3. The number of aliphatic carboxylic acids is 2. The number of carbonyl (C=O) groups is 3. The van der Waals surface area contributed by atoms with Gasteiger partial charge in [0.25, 0.3) is 0 Å². The lowest BCUT2D eigenvalue weighted by molar-refractivity contribution is -0.159. The smallest absolute Gasteiger partial charge is 0.414 e.